The topological polar surface area (TPSA) is 149 Å². The van der Waals surface area contributed by atoms with Gasteiger partial charge in [-0.2, -0.15) is 0 Å². The second-order valence-corrected chi connectivity index (χ2v) is 18.6. The molecule has 1 aliphatic heterocycles. The lowest BCUT2D eigenvalue weighted by molar-refractivity contribution is -0.302. The second kappa shape index (κ2) is 45.7. The van der Waals surface area contributed by atoms with E-state index in [9.17, 15) is 30.3 Å². The molecule has 9 nitrogen and oxygen atoms in total. The van der Waals surface area contributed by atoms with Crippen molar-refractivity contribution in [2.75, 3.05) is 13.2 Å². The minimum Gasteiger partial charge on any atom is -0.394 e. The zero-order valence-electron chi connectivity index (χ0n) is 41.7. The first kappa shape index (κ1) is 60.9. The summed E-state index contributed by atoms with van der Waals surface area (Å²) in [5.41, 5.74) is 0. The van der Waals surface area contributed by atoms with Gasteiger partial charge in [0.2, 0.25) is 5.91 Å². The first-order valence-electron chi connectivity index (χ1n) is 27.0. The van der Waals surface area contributed by atoms with Crippen molar-refractivity contribution >= 4 is 5.91 Å². The normalized spacial score (nSPS) is 20.4. The van der Waals surface area contributed by atoms with E-state index in [4.69, 9.17) is 9.47 Å². The third-order valence-electron chi connectivity index (χ3n) is 12.6. The molecule has 0 aromatic carbocycles. The predicted octanol–water partition coefficient (Wildman–Crippen LogP) is 12.7. The van der Waals surface area contributed by atoms with Crippen LogP contribution in [0.15, 0.2) is 60.8 Å². The number of nitrogens with one attached hydrogen (secondary N) is 1. The van der Waals surface area contributed by atoms with E-state index >= 15 is 0 Å². The summed E-state index contributed by atoms with van der Waals surface area (Å²) in [6.07, 6.45) is 54.0. The maximum Gasteiger partial charge on any atom is 0.220 e. The minimum atomic E-state index is -1.57. The molecule has 1 heterocycles. The molecular formula is C56H101NO8. The highest BCUT2D eigenvalue weighted by Crippen LogP contribution is 2.23. The number of carbonyl (C=O) groups excluding carboxylic acids is 1. The number of allylic oxidation sites excluding steroid dienone is 10. The molecule has 7 atom stereocenters. The lowest BCUT2D eigenvalue weighted by atomic mass is 9.99. The first-order valence-corrected chi connectivity index (χ1v) is 27.0. The number of aliphatic hydroxyl groups excluding tert-OH is 5. The average molecular weight is 916 g/mol. The largest absolute Gasteiger partial charge is 0.394 e. The summed E-state index contributed by atoms with van der Waals surface area (Å²) in [7, 11) is 0. The van der Waals surface area contributed by atoms with Gasteiger partial charge in [0.25, 0.3) is 0 Å². The van der Waals surface area contributed by atoms with Gasteiger partial charge in [-0.3, -0.25) is 4.79 Å². The van der Waals surface area contributed by atoms with Crippen LogP contribution in [-0.4, -0.2) is 87.5 Å². The van der Waals surface area contributed by atoms with Crippen molar-refractivity contribution in [3.05, 3.63) is 60.8 Å². The zero-order chi connectivity index (χ0) is 47.3. The van der Waals surface area contributed by atoms with Crippen molar-refractivity contribution in [2.45, 2.75) is 275 Å². The summed E-state index contributed by atoms with van der Waals surface area (Å²) in [5.74, 6) is -0.200. The van der Waals surface area contributed by atoms with Crippen LogP contribution in [0, 0.1) is 0 Å². The number of carbonyl (C=O) groups is 1. The Morgan fingerprint density at radius 2 is 0.938 bits per heavy atom. The van der Waals surface area contributed by atoms with Crippen LogP contribution in [-0.2, 0) is 14.3 Å². The summed E-state index contributed by atoms with van der Waals surface area (Å²) in [6, 6.07) is -0.752. The molecule has 6 N–H and O–H groups in total. The molecule has 1 saturated heterocycles. The summed E-state index contributed by atoms with van der Waals surface area (Å²) < 4.78 is 11.3. The van der Waals surface area contributed by atoms with Gasteiger partial charge < -0.3 is 40.3 Å². The summed E-state index contributed by atoms with van der Waals surface area (Å²) in [4.78, 5) is 13.0. The van der Waals surface area contributed by atoms with E-state index in [0.717, 1.165) is 57.8 Å². The van der Waals surface area contributed by atoms with Crippen LogP contribution in [0.4, 0.5) is 0 Å². The Labute approximate surface area is 398 Å². The Hall–Kier alpha value is -2.11. The fraction of sp³-hybridized carbons (Fsp3) is 0.804. The van der Waals surface area contributed by atoms with Crippen LogP contribution in [0.5, 0.6) is 0 Å². The number of rotatable bonds is 45. The molecular weight excluding hydrogens is 815 g/mol. The molecule has 1 rings (SSSR count). The third kappa shape index (κ3) is 35.7. The number of ether oxygens (including phenoxy) is 2. The highest BCUT2D eigenvalue weighted by atomic mass is 16.7. The lowest BCUT2D eigenvalue weighted by Gasteiger charge is -2.40. The Kier molecular flexibility index (Phi) is 42.8. The van der Waals surface area contributed by atoms with Gasteiger partial charge in [0.05, 0.1) is 25.4 Å². The van der Waals surface area contributed by atoms with Gasteiger partial charge in [-0.1, -0.05) is 235 Å². The van der Waals surface area contributed by atoms with Crippen LogP contribution in [0.25, 0.3) is 0 Å². The monoisotopic (exact) mass is 916 g/mol. The van der Waals surface area contributed by atoms with E-state index in [1.54, 1.807) is 0 Å². The van der Waals surface area contributed by atoms with E-state index in [2.05, 4.69) is 79.9 Å². The van der Waals surface area contributed by atoms with Crippen LogP contribution in [0.2, 0.25) is 0 Å². The second-order valence-electron chi connectivity index (χ2n) is 18.6. The van der Waals surface area contributed by atoms with Crippen LogP contribution in [0.1, 0.15) is 232 Å². The van der Waals surface area contributed by atoms with Gasteiger partial charge in [-0.25, -0.2) is 0 Å². The quantitative estimate of drug-likeness (QED) is 0.0261. The van der Waals surface area contributed by atoms with E-state index < -0.39 is 49.5 Å². The maximum absolute atomic E-state index is 13.0. The highest BCUT2D eigenvalue weighted by Gasteiger charge is 2.44. The Balaban J connectivity index is 2.26. The molecule has 0 aromatic rings. The highest BCUT2D eigenvalue weighted by molar-refractivity contribution is 5.76. The summed E-state index contributed by atoms with van der Waals surface area (Å²) in [5, 5.41) is 54.5. The predicted molar refractivity (Wildman–Crippen MR) is 272 cm³/mol. The van der Waals surface area contributed by atoms with Crippen LogP contribution >= 0.6 is 0 Å². The van der Waals surface area contributed by atoms with Crippen molar-refractivity contribution in [1.29, 1.82) is 0 Å². The zero-order valence-corrected chi connectivity index (χ0v) is 41.7. The molecule has 0 saturated carbocycles. The molecule has 9 heteroatoms. The van der Waals surface area contributed by atoms with Gasteiger partial charge in [0.15, 0.2) is 6.29 Å². The van der Waals surface area contributed by atoms with Gasteiger partial charge >= 0.3 is 0 Å². The van der Waals surface area contributed by atoms with Gasteiger partial charge in [0, 0.05) is 6.42 Å². The molecule has 65 heavy (non-hydrogen) atoms. The SMILES string of the molecule is CC/C=C\C/C=C\C/C=C\C/C=C\C/C=C\CCCC(=O)NC(COC1OC(CO)C(O)C(O)C1O)C(O)CCCCCCCCCCCCCCCCCCCCCCCCCCC. The fourth-order valence-corrected chi connectivity index (χ4v) is 8.37. The van der Waals surface area contributed by atoms with Crippen molar-refractivity contribution < 1.29 is 39.8 Å². The number of hydrogen-bond acceptors (Lipinski definition) is 8. The smallest absolute Gasteiger partial charge is 0.220 e. The molecule has 0 spiro atoms. The van der Waals surface area contributed by atoms with Crippen molar-refractivity contribution in [3.63, 3.8) is 0 Å². The molecule has 7 unspecified atom stereocenters. The van der Waals surface area contributed by atoms with E-state index in [1.807, 2.05) is 0 Å². The first-order chi connectivity index (χ1) is 31.8. The van der Waals surface area contributed by atoms with E-state index in [0.29, 0.717) is 12.8 Å². The Bertz CT molecular complexity index is 1200. The molecule has 0 radical (unpaired) electrons. The standard InChI is InChI=1S/C56H101NO8/c1-3-5-7-9-11-13-15-17-19-21-22-23-24-25-26-27-28-30-31-33-35-37-39-41-43-45-50(59)49(48-64-56-55(63)54(62)53(61)51(47-58)65-56)57-52(60)46-44-42-40-38-36-34-32-29-20-18-16-14-12-10-8-6-4-2/h6,8,12,14,18,20,32,34,38,40,49-51,53-56,58-59,61-63H,3-5,7,9-11,13,15-17,19,21-31,33,35-37,39,41-48H2,1-2H3,(H,57,60)/b8-6-,14-12-,20-18-,34-32-,40-38-. The Morgan fingerprint density at radius 1 is 0.538 bits per heavy atom. The molecule has 0 bridgehead atoms. The molecule has 1 amide bonds. The van der Waals surface area contributed by atoms with Gasteiger partial charge in [0.1, 0.15) is 24.4 Å². The summed E-state index contributed by atoms with van der Waals surface area (Å²) >= 11 is 0. The number of unbranched alkanes of at least 4 members (excludes halogenated alkanes) is 25. The molecule has 1 aliphatic rings. The van der Waals surface area contributed by atoms with Crippen molar-refractivity contribution in [2.24, 2.45) is 0 Å². The molecule has 0 aromatic heterocycles. The lowest BCUT2D eigenvalue weighted by Crippen LogP contribution is -2.60. The van der Waals surface area contributed by atoms with Crippen molar-refractivity contribution in [3.8, 4) is 0 Å². The Morgan fingerprint density at radius 3 is 1.35 bits per heavy atom. The van der Waals surface area contributed by atoms with Gasteiger partial charge in [-0.05, 0) is 51.4 Å². The fourth-order valence-electron chi connectivity index (χ4n) is 8.37. The molecule has 1 fully saturated rings. The minimum absolute atomic E-state index is 0.163. The maximum atomic E-state index is 13.0. The average Bonchev–Trinajstić information content (AvgIpc) is 3.31. The third-order valence-corrected chi connectivity index (χ3v) is 12.6. The summed E-state index contributed by atoms with van der Waals surface area (Å²) in [6.45, 7) is 3.70. The van der Waals surface area contributed by atoms with E-state index in [1.165, 1.54) is 141 Å². The van der Waals surface area contributed by atoms with Gasteiger partial charge in [-0.15, -0.1) is 0 Å². The number of aliphatic hydroxyl groups is 5. The van der Waals surface area contributed by atoms with Crippen LogP contribution in [0.3, 0.4) is 0 Å². The van der Waals surface area contributed by atoms with E-state index in [-0.39, 0.29) is 18.9 Å². The molecule has 0 aliphatic carbocycles. The number of amides is 1. The van der Waals surface area contributed by atoms with Crippen LogP contribution < -0.4 is 5.32 Å². The van der Waals surface area contributed by atoms with Crippen molar-refractivity contribution in [1.82, 2.24) is 5.32 Å². The number of hydrogen-bond donors (Lipinski definition) is 6. The molecule has 378 valence electrons.